The second kappa shape index (κ2) is 7.64. The molecule has 0 spiro atoms. The molecule has 0 amide bonds. The third-order valence-electron chi connectivity index (χ3n) is 5.07. The van der Waals surface area contributed by atoms with Crippen LogP contribution in [-0.4, -0.2) is 37.6 Å². The molecule has 2 heteroatoms. The second-order valence-corrected chi connectivity index (χ2v) is 7.06. The van der Waals surface area contributed by atoms with Gasteiger partial charge < -0.3 is 10.2 Å². The Morgan fingerprint density at radius 3 is 2.37 bits per heavy atom. The van der Waals surface area contributed by atoms with Crippen molar-refractivity contribution < 1.29 is 0 Å². The predicted octanol–water partition coefficient (Wildman–Crippen LogP) is 3.52. The summed E-state index contributed by atoms with van der Waals surface area (Å²) in [6.45, 7) is 8.38. The van der Waals surface area contributed by atoms with Crippen molar-refractivity contribution in [2.75, 3.05) is 26.7 Å². The first-order valence-electron chi connectivity index (χ1n) is 8.64. The van der Waals surface area contributed by atoms with Gasteiger partial charge in [-0.15, -0.1) is 0 Å². The first-order chi connectivity index (χ1) is 9.22. The summed E-state index contributed by atoms with van der Waals surface area (Å²) in [7, 11) is 2.34. The van der Waals surface area contributed by atoms with Crippen LogP contribution in [0.4, 0.5) is 0 Å². The summed E-state index contributed by atoms with van der Waals surface area (Å²) in [6.07, 6.45) is 10.1. The van der Waals surface area contributed by atoms with Crippen LogP contribution in [0.15, 0.2) is 0 Å². The molecular formula is C17H34N2. The van der Waals surface area contributed by atoms with E-state index in [4.69, 9.17) is 0 Å². The number of hydrogen-bond acceptors (Lipinski definition) is 2. The molecular weight excluding hydrogens is 232 g/mol. The Hall–Kier alpha value is -0.0800. The summed E-state index contributed by atoms with van der Waals surface area (Å²) in [4.78, 5) is 2.61. The van der Waals surface area contributed by atoms with Crippen LogP contribution in [0.25, 0.3) is 0 Å². The minimum absolute atomic E-state index is 0.778. The summed E-state index contributed by atoms with van der Waals surface area (Å²) in [5.74, 6) is 2.91. The lowest BCUT2D eigenvalue weighted by molar-refractivity contribution is 0.148. The molecule has 0 bridgehead atoms. The van der Waals surface area contributed by atoms with Crippen molar-refractivity contribution in [2.24, 2.45) is 17.8 Å². The third-order valence-corrected chi connectivity index (χ3v) is 5.07. The Morgan fingerprint density at radius 1 is 1.00 bits per heavy atom. The average molecular weight is 266 g/mol. The van der Waals surface area contributed by atoms with E-state index in [1.807, 2.05) is 0 Å². The minimum Gasteiger partial charge on any atom is -0.314 e. The quantitative estimate of drug-likeness (QED) is 0.723. The van der Waals surface area contributed by atoms with E-state index in [0.717, 1.165) is 30.3 Å². The Balaban J connectivity index is 1.82. The zero-order valence-corrected chi connectivity index (χ0v) is 13.3. The Morgan fingerprint density at radius 2 is 1.74 bits per heavy atom. The maximum atomic E-state index is 3.74. The van der Waals surface area contributed by atoms with Crippen molar-refractivity contribution in [2.45, 2.75) is 64.8 Å². The lowest BCUT2D eigenvalue weighted by atomic mass is 9.76. The van der Waals surface area contributed by atoms with Crippen LogP contribution in [0, 0.1) is 17.8 Å². The molecule has 2 nitrogen and oxygen atoms in total. The first kappa shape index (κ1) is 15.3. The molecule has 3 atom stereocenters. The normalized spacial score (nSPS) is 31.9. The Bertz CT molecular complexity index is 250. The molecule has 2 aliphatic carbocycles. The van der Waals surface area contributed by atoms with E-state index in [9.17, 15) is 0 Å². The predicted molar refractivity (Wildman–Crippen MR) is 83.4 cm³/mol. The van der Waals surface area contributed by atoms with Crippen LogP contribution in [0.1, 0.15) is 58.8 Å². The number of nitrogens with zero attached hydrogens (tertiary/aromatic N) is 1. The maximum absolute atomic E-state index is 3.74. The number of hydrogen-bond donors (Lipinski definition) is 1. The maximum Gasteiger partial charge on any atom is 0.0108 e. The fraction of sp³-hybridized carbons (Fsp3) is 1.00. The van der Waals surface area contributed by atoms with Crippen molar-refractivity contribution in [3.63, 3.8) is 0 Å². The molecule has 19 heavy (non-hydrogen) atoms. The smallest absolute Gasteiger partial charge is 0.0108 e. The van der Waals surface area contributed by atoms with E-state index in [1.165, 1.54) is 58.0 Å². The van der Waals surface area contributed by atoms with Crippen molar-refractivity contribution in [1.29, 1.82) is 0 Å². The highest BCUT2D eigenvalue weighted by atomic mass is 15.1. The molecule has 2 saturated carbocycles. The molecule has 0 heterocycles. The minimum atomic E-state index is 0.778. The van der Waals surface area contributed by atoms with Gasteiger partial charge in [-0.1, -0.05) is 26.7 Å². The molecule has 112 valence electrons. The second-order valence-electron chi connectivity index (χ2n) is 7.06. The van der Waals surface area contributed by atoms with E-state index in [-0.39, 0.29) is 0 Å². The fourth-order valence-corrected chi connectivity index (χ4v) is 3.98. The van der Waals surface area contributed by atoms with Gasteiger partial charge in [0.25, 0.3) is 0 Å². The van der Waals surface area contributed by atoms with E-state index in [0.29, 0.717) is 0 Å². The molecule has 2 fully saturated rings. The van der Waals surface area contributed by atoms with Crippen molar-refractivity contribution >= 4 is 0 Å². The summed E-state index contributed by atoms with van der Waals surface area (Å²) in [5.41, 5.74) is 0. The molecule has 0 saturated heterocycles. The van der Waals surface area contributed by atoms with Crippen LogP contribution in [-0.2, 0) is 0 Å². The lowest BCUT2D eigenvalue weighted by Crippen LogP contribution is -2.45. The highest BCUT2D eigenvalue weighted by Crippen LogP contribution is 2.34. The lowest BCUT2D eigenvalue weighted by Gasteiger charge is -2.38. The molecule has 3 unspecified atom stereocenters. The third kappa shape index (κ3) is 5.07. The fourth-order valence-electron chi connectivity index (χ4n) is 3.98. The van der Waals surface area contributed by atoms with E-state index in [1.54, 1.807) is 0 Å². The van der Waals surface area contributed by atoms with Crippen LogP contribution in [0.3, 0.4) is 0 Å². The summed E-state index contributed by atoms with van der Waals surface area (Å²) < 4.78 is 0. The van der Waals surface area contributed by atoms with Gasteiger partial charge in [0.15, 0.2) is 0 Å². The topological polar surface area (TPSA) is 15.3 Å². The van der Waals surface area contributed by atoms with Crippen LogP contribution < -0.4 is 5.32 Å². The first-order valence-corrected chi connectivity index (χ1v) is 8.64. The van der Waals surface area contributed by atoms with E-state index in [2.05, 4.69) is 31.1 Å². The van der Waals surface area contributed by atoms with Gasteiger partial charge in [0.1, 0.15) is 0 Å². The van der Waals surface area contributed by atoms with Gasteiger partial charge in [-0.25, -0.2) is 0 Å². The van der Waals surface area contributed by atoms with Gasteiger partial charge in [-0.05, 0) is 63.5 Å². The molecule has 1 N–H and O–H groups in total. The Kier molecular flexibility index (Phi) is 6.15. The zero-order chi connectivity index (χ0) is 13.7. The highest BCUT2D eigenvalue weighted by molar-refractivity contribution is 4.87. The standard InChI is InChI=1S/C17H34N2/c1-4-6-14-9-10-17(18-5-2)16(11-14)13-19(3)12-15-7-8-15/h14-18H,4-13H2,1-3H3. The average Bonchev–Trinajstić information content (AvgIpc) is 3.17. The van der Waals surface area contributed by atoms with Crippen LogP contribution in [0.2, 0.25) is 0 Å². The SMILES string of the molecule is CCCC1CCC(NCC)C(CN(C)CC2CC2)C1. The zero-order valence-electron chi connectivity index (χ0n) is 13.3. The number of nitrogens with one attached hydrogen (secondary N) is 1. The molecule has 0 aromatic heterocycles. The van der Waals surface area contributed by atoms with E-state index < -0.39 is 0 Å². The largest absolute Gasteiger partial charge is 0.314 e. The molecule has 0 aromatic carbocycles. The van der Waals surface area contributed by atoms with Crippen LogP contribution >= 0.6 is 0 Å². The van der Waals surface area contributed by atoms with Gasteiger partial charge in [-0.3, -0.25) is 0 Å². The van der Waals surface area contributed by atoms with Gasteiger partial charge in [-0.2, -0.15) is 0 Å². The molecule has 2 rings (SSSR count). The van der Waals surface area contributed by atoms with Crippen molar-refractivity contribution in [3.8, 4) is 0 Å². The molecule has 0 aliphatic heterocycles. The highest BCUT2D eigenvalue weighted by Gasteiger charge is 2.31. The van der Waals surface area contributed by atoms with Crippen molar-refractivity contribution in [3.05, 3.63) is 0 Å². The summed E-state index contributed by atoms with van der Waals surface area (Å²) >= 11 is 0. The molecule has 0 radical (unpaired) electrons. The van der Waals surface area contributed by atoms with Crippen molar-refractivity contribution in [1.82, 2.24) is 10.2 Å². The van der Waals surface area contributed by atoms with Gasteiger partial charge >= 0.3 is 0 Å². The molecule has 0 aromatic rings. The Labute approximate surface area is 120 Å². The van der Waals surface area contributed by atoms with Gasteiger partial charge in [0.05, 0.1) is 0 Å². The van der Waals surface area contributed by atoms with E-state index >= 15 is 0 Å². The summed E-state index contributed by atoms with van der Waals surface area (Å²) in [5, 5.41) is 3.74. The molecule has 2 aliphatic rings. The summed E-state index contributed by atoms with van der Waals surface area (Å²) in [6, 6.07) is 0.778. The van der Waals surface area contributed by atoms with Gasteiger partial charge in [0.2, 0.25) is 0 Å². The number of rotatable bonds is 8. The van der Waals surface area contributed by atoms with Gasteiger partial charge in [0, 0.05) is 19.1 Å². The monoisotopic (exact) mass is 266 g/mol. The van der Waals surface area contributed by atoms with Crippen LogP contribution in [0.5, 0.6) is 0 Å².